The van der Waals surface area contributed by atoms with E-state index in [2.05, 4.69) is 26.5 Å². The van der Waals surface area contributed by atoms with Crippen LogP contribution in [-0.4, -0.2) is 11.3 Å². The van der Waals surface area contributed by atoms with E-state index in [1.807, 2.05) is 0 Å². The van der Waals surface area contributed by atoms with Gasteiger partial charge in [0.05, 0.1) is 0 Å². The molecule has 0 heterocycles. The number of thiol groups is 1. The number of hydrogen-bond acceptors (Lipinski definition) is 2. The Bertz CT molecular complexity index is 65.8. The maximum atomic E-state index is 5.33. The van der Waals surface area contributed by atoms with Crippen LogP contribution in [0.3, 0.4) is 0 Å². The predicted octanol–water partition coefficient (Wildman–Crippen LogP) is 1.82. The minimum absolute atomic E-state index is 0.190. The van der Waals surface area contributed by atoms with Crippen molar-refractivity contribution < 1.29 is 0 Å². The van der Waals surface area contributed by atoms with E-state index in [9.17, 15) is 0 Å². The Balaban J connectivity index is 3.07. The second kappa shape index (κ2) is 4.18. The fraction of sp³-hybridized carbons (Fsp3) is 1.00. The first kappa shape index (κ1) is 9.31. The average molecular weight is 147 g/mol. The molecule has 2 N–H and O–H groups in total. The van der Waals surface area contributed by atoms with Crippen molar-refractivity contribution >= 4 is 12.6 Å². The zero-order chi connectivity index (χ0) is 7.33. The fourth-order valence-electron chi connectivity index (χ4n) is 0.702. The first-order valence-electron chi connectivity index (χ1n) is 3.49. The van der Waals surface area contributed by atoms with Crippen LogP contribution in [-0.2, 0) is 0 Å². The van der Waals surface area contributed by atoms with E-state index >= 15 is 0 Å². The number of rotatable bonds is 4. The van der Waals surface area contributed by atoms with Gasteiger partial charge in [0.15, 0.2) is 0 Å². The second-order valence-corrected chi connectivity index (χ2v) is 4.27. The highest BCUT2D eigenvalue weighted by atomic mass is 32.1. The molecule has 0 aliphatic carbocycles. The van der Waals surface area contributed by atoms with Gasteiger partial charge < -0.3 is 5.73 Å². The lowest BCUT2D eigenvalue weighted by atomic mass is 10.1. The molecule has 56 valence electrons. The summed E-state index contributed by atoms with van der Waals surface area (Å²) in [5, 5.41) is 0. The molecule has 0 saturated carbocycles. The van der Waals surface area contributed by atoms with Crippen molar-refractivity contribution in [3.63, 3.8) is 0 Å². The largest absolute Gasteiger partial charge is 0.330 e. The molecule has 0 aromatic heterocycles. The van der Waals surface area contributed by atoms with Gasteiger partial charge in [-0.2, -0.15) is 12.6 Å². The van der Waals surface area contributed by atoms with Crippen LogP contribution in [0.2, 0.25) is 0 Å². The summed E-state index contributed by atoms with van der Waals surface area (Å²) in [6.45, 7) is 5.07. The topological polar surface area (TPSA) is 26.0 Å². The molecule has 9 heavy (non-hydrogen) atoms. The van der Waals surface area contributed by atoms with Gasteiger partial charge >= 0.3 is 0 Å². The number of hydrogen-bond donors (Lipinski definition) is 2. The van der Waals surface area contributed by atoms with Crippen molar-refractivity contribution in [2.45, 2.75) is 37.9 Å². The van der Waals surface area contributed by atoms with E-state index in [0.29, 0.717) is 0 Å². The Morgan fingerprint density at radius 1 is 1.33 bits per heavy atom. The van der Waals surface area contributed by atoms with E-state index in [0.717, 1.165) is 19.4 Å². The molecule has 0 spiro atoms. The molecule has 0 unspecified atom stereocenters. The summed E-state index contributed by atoms with van der Waals surface area (Å²) in [4.78, 5) is 0. The van der Waals surface area contributed by atoms with Crippen molar-refractivity contribution in [1.82, 2.24) is 0 Å². The monoisotopic (exact) mass is 147 g/mol. The summed E-state index contributed by atoms with van der Waals surface area (Å²) < 4.78 is 0.190. The molecule has 0 aliphatic rings. The molecule has 0 atom stereocenters. The lowest BCUT2D eigenvalue weighted by Gasteiger charge is -2.15. The minimum Gasteiger partial charge on any atom is -0.330 e. The molecule has 0 rings (SSSR count). The van der Waals surface area contributed by atoms with Gasteiger partial charge in [-0.15, -0.1) is 0 Å². The zero-order valence-corrected chi connectivity index (χ0v) is 7.25. The molecule has 0 aromatic carbocycles. The lowest BCUT2D eigenvalue weighted by molar-refractivity contribution is 0.586. The van der Waals surface area contributed by atoms with Crippen molar-refractivity contribution in [1.29, 1.82) is 0 Å². The highest BCUT2D eigenvalue weighted by Gasteiger charge is 2.09. The van der Waals surface area contributed by atoms with Gasteiger partial charge in [-0.1, -0.05) is 20.3 Å². The molecular formula is C7H17NS. The minimum atomic E-state index is 0.190. The highest BCUT2D eigenvalue weighted by Crippen LogP contribution is 2.19. The third kappa shape index (κ3) is 8.31. The second-order valence-electron chi connectivity index (χ2n) is 3.06. The molecule has 1 nitrogen and oxygen atoms in total. The molecule has 2 heteroatoms. The molecule has 0 radical (unpaired) electrons. The van der Waals surface area contributed by atoms with Gasteiger partial charge in [-0.3, -0.25) is 0 Å². The summed E-state index contributed by atoms with van der Waals surface area (Å²) >= 11 is 4.39. The van der Waals surface area contributed by atoms with Crippen LogP contribution in [0.4, 0.5) is 0 Å². The first-order valence-corrected chi connectivity index (χ1v) is 3.93. The molecule has 0 bridgehead atoms. The van der Waals surface area contributed by atoms with Crippen LogP contribution in [0.5, 0.6) is 0 Å². The maximum absolute atomic E-state index is 5.33. The van der Waals surface area contributed by atoms with Crippen LogP contribution in [0.25, 0.3) is 0 Å². The molecule has 0 aliphatic heterocycles. The Labute approximate surface area is 63.4 Å². The van der Waals surface area contributed by atoms with Crippen LogP contribution >= 0.6 is 12.6 Å². The van der Waals surface area contributed by atoms with Crippen molar-refractivity contribution in [2.24, 2.45) is 5.73 Å². The summed E-state index contributed by atoms with van der Waals surface area (Å²) in [5.74, 6) is 0. The normalized spacial score (nSPS) is 12.0. The number of nitrogens with two attached hydrogens (primary N) is 1. The maximum Gasteiger partial charge on any atom is 0.00731 e. The first-order chi connectivity index (χ1) is 4.06. The summed E-state index contributed by atoms with van der Waals surface area (Å²) in [5.41, 5.74) is 5.33. The van der Waals surface area contributed by atoms with Gasteiger partial charge in [-0.05, 0) is 19.4 Å². The van der Waals surface area contributed by atoms with Crippen LogP contribution in [0.1, 0.15) is 33.1 Å². The van der Waals surface area contributed by atoms with Gasteiger partial charge in [0, 0.05) is 4.75 Å². The van der Waals surface area contributed by atoms with E-state index in [1.165, 1.54) is 6.42 Å². The smallest absolute Gasteiger partial charge is 0.00731 e. The lowest BCUT2D eigenvalue weighted by Crippen LogP contribution is -2.10. The van der Waals surface area contributed by atoms with Crippen LogP contribution < -0.4 is 5.73 Å². The van der Waals surface area contributed by atoms with Crippen LogP contribution in [0, 0.1) is 0 Å². The molecule has 0 amide bonds. The van der Waals surface area contributed by atoms with Crippen molar-refractivity contribution in [2.75, 3.05) is 6.54 Å². The van der Waals surface area contributed by atoms with Crippen molar-refractivity contribution in [3.05, 3.63) is 0 Å². The summed E-state index contributed by atoms with van der Waals surface area (Å²) in [7, 11) is 0. The van der Waals surface area contributed by atoms with E-state index in [-0.39, 0.29) is 4.75 Å². The zero-order valence-electron chi connectivity index (χ0n) is 6.35. The summed E-state index contributed by atoms with van der Waals surface area (Å²) in [6.07, 6.45) is 3.49. The Hall–Kier alpha value is 0.310. The van der Waals surface area contributed by atoms with Gasteiger partial charge in [-0.25, -0.2) is 0 Å². The molecule has 0 aromatic rings. The molecular weight excluding hydrogens is 130 g/mol. The number of unbranched alkanes of at least 4 members (excludes halogenated alkanes) is 1. The Kier molecular flexibility index (Phi) is 4.32. The Morgan fingerprint density at radius 3 is 2.22 bits per heavy atom. The standard InChI is InChI=1S/C7H17NS/c1-7(2,9)5-3-4-6-8/h9H,3-6,8H2,1-2H3. The molecule has 0 fully saturated rings. The quantitative estimate of drug-likeness (QED) is 0.460. The Morgan fingerprint density at radius 2 is 1.89 bits per heavy atom. The highest BCUT2D eigenvalue weighted by molar-refractivity contribution is 7.81. The van der Waals surface area contributed by atoms with E-state index in [4.69, 9.17) is 5.73 Å². The average Bonchev–Trinajstić information content (AvgIpc) is 1.63. The SMILES string of the molecule is CC(C)(S)CCCCN. The third-order valence-electron chi connectivity index (χ3n) is 1.24. The third-order valence-corrected chi connectivity index (χ3v) is 1.47. The van der Waals surface area contributed by atoms with Crippen LogP contribution in [0.15, 0.2) is 0 Å². The summed E-state index contributed by atoms with van der Waals surface area (Å²) in [6, 6.07) is 0. The van der Waals surface area contributed by atoms with Gasteiger partial charge in [0.2, 0.25) is 0 Å². The van der Waals surface area contributed by atoms with E-state index in [1.54, 1.807) is 0 Å². The van der Waals surface area contributed by atoms with Gasteiger partial charge in [0.1, 0.15) is 0 Å². The predicted molar refractivity (Wildman–Crippen MR) is 46.0 cm³/mol. The van der Waals surface area contributed by atoms with Gasteiger partial charge in [0.25, 0.3) is 0 Å². The fourth-order valence-corrected chi connectivity index (χ4v) is 0.860. The molecule has 0 saturated heterocycles. The van der Waals surface area contributed by atoms with Crippen molar-refractivity contribution in [3.8, 4) is 0 Å². The van der Waals surface area contributed by atoms with E-state index < -0.39 is 0 Å².